The number of nitrogens with two attached hydrogens (primary N) is 1. The van der Waals surface area contributed by atoms with E-state index in [1.165, 1.54) is 25.7 Å². The van der Waals surface area contributed by atoms with Crippen LogP contribution in [0.2, 0.25) is 0 Å². The summed E-state index contributed by atoms with van der Waals surface area (Å²) in [6, 6.07) is 5.74. The number of hydrogen-bond donors (Lipinski definition) is 1. The van der Waals surface area contributed by atoms with E-state index in [1.54, 1.807) is 7.11 Å². The Morgan fingerprint density at radius 1 is 1.11 bits per heavy atom. The Bertz CT molecular complexity index is 364. The van der Waals surface area contributed by atoms with Crippen LogP contribution in [0.25, 0.3) is 0 Å². The SMILES string of the molecule is CCCCCCCOc1cccc(OC)c1[C@@H](C)N. The minimum atomic E-state index is -0.0914. The Morgan fingerprint density at radius 3 is 2.42 bits per heavy atom. The van der Waals surface area contributed by atoms with Gasteiger partial charge in [0.05, 0.1) is 19.3 Å². The zero-order chi connectivity index (χ0) is 14.1. The summed E-state index contributed by atoms with van der Waals surface area (Å²) in [7, 11) is 1.66. The molecule has 0 aliphatic heterocycles. The molecule has 3 heteroatoms. The molecule has 1 aromatic carbocycles. The monoisotopic (exact) mass is 265 g/mol. The quantitative estimate of drug-likeness (QED) is 0.685. The van der Waals surface area contributed by atoms with Crippen molar-refractivity contribution < 1.29 is 9.47 Å². The minimum absolute atomic E-state index is 0.0914. The van der Waals surface area contributed by atoms with Crippen LogP contribution < -0.4 is 15.2 Å². The van der Waals surface area contributed by atoms with E-state index in [4.69, 9.17) is 15.2 Å². The fourth-order valence-corrected chi connectivity index (χ4v) is 2.16. The molecule has 0 amide bonds. The van der Waals surface area contributed by atoms with E-state index in [0.29, 0.717) is 0 Å². The van der Waals surface area contributed by atoms with Crippen LogP contribution in [-0.2, 0) is 0 Å². The molecule has 0 saturated heterocycles. The van der Waals surface area contributed by atoms with Crippen LogP contribution in [-0.4, -0.2) is 13.7 Å². The number of unbranched alkanes of at least 4 members (excludes halogenated alkanes) is 4. The van der Waals surface area contributed by atoms with Crippen LogP contribution in [0.3, 0.4) is 0 Å². The Balaban J connectivity index is 2.53. The van der Waals surface area contributed by atoms with Gasteiger partial charge in [0.25, 0.3) is 0 Å². The minimum Gasteiger partial charge on any atom is -0.496 e. The van der Waals surface area contributed by atoms with Gasteiger partial charge in [-0.2, -0.15) is 0 Å². The molecule has 108 valence electrons. The normalized spacial score (nSPS) is 12.2. The first kappa shape index (κ1) is 15.8. The van der Waals surface area contributed by atoms with Gasteiger partial charge >= 0.3 is 0 Å². The molecule has 0 aliphatic carbocycles. The molecule has 1 rings (SSSR count). The van der Waals surface area contributed by atoms with Crippen molar-refractivity contribution in [2.24, 2.45) is 5.73 Å². The highest BCUT2D eigenvalue weighted by atomic mass is 16.5. The third-order valence-electron chi connectivity index (χ3n) is 3.21. The zero-order valence-corrected chi connectivity index (χ0v) is 12.4. The number of hydrogen-bond acceptors (Lipinski definition) is 3. The van der Waals surface area contributed by atoms with Gasteiger partial charge in [-0.15, -0.1) is 0 Å². The van der Waals surface area contributed by atoms with E-state index in [2.05, 4.69) is 6.92 Å². The predicted molar refractivity (Wildman–Crippen MR) is 79.9 cm³/mol. The van der Waals surface area contributed by atoms with E-state index in [9.17, 15) is 0 Å². The van der Waals surface area contributed by atoms with E-state index in [1.807, 2.05) is 25.1 Å². The Hall–Kier alpha value is -1.22. The van der Waals surface area contributed by atoms with Crippen molar-refractivity contribution in [3.05, 3.63) is 23.8 Å². The van der Waals surface area contributed by atoms with Crippen molar-refractivity contribution in [3.63, 3.8) is 0 Å². The molecule has 2 N–H and O–H groups in total. The van der Waals surface area contributed by atoms with Gasteiger partial charge in [0, 0.05) is 6.04 Å². The van der Waals surface area contributed by atoms with Crippen LogP contribution >= 0.6 is 0 Å². The molecule has 0 radical (unpaired) electrons. The van der Waals surface area contributed by atoms with Crippen molar-refractivity contribution in [2.75, 3.05) is 13.7 Å². The highest BCUT2D eigenvalue weighted by Gasteiger charge is 2.13. The van der Waals surface area contributed by atoms with Gasteiger partial charge in [0.1, 0.15) is 11.5 Å². The zero-order valence-electron chi connectivity index (χ0n) is 12.4. The van der Waals surface area contributed by atoms with E-state index < -0.39 is 0 Å². The van der Waals surface area contributed by atoms with Crippen molar-refractivity contribution in [1.29, 1.82) is 0 Å². The summed E-state index contributed by atoms with van der Waals surface area (Å²) in [6.07, 6.45) is 6.19. The van der Waals surface area contributed by atoms with Crippen molar-refractivity contribution >= 4 is 0 Å². The lowest BCUT2D eigenvalue weighted by molar-refractivity contribution is 0.296. The second-order valence-corrected chi connectivity index (χ2v) is 4.92. The molecule has 0 aliphatic rings. The number of benzene rings is 1. The van der Waals surface area contributed by atoms with Crippen LogP contribution in [0.4, 0.5) is 0 Å². The summed E-state index contributed by atoms with van der Waals surface area (Å²) >= 11 is 0. The van der Waals surface area contributed by atoms with Crippen molar-refractivity contribution in [3.8, 4) is 11.5 Å². The van der Waals surface area contributed by atoms with Gasteiger partial charge in [0.15, 0.2) is 0 Å². The lowest BCUT2D eigenvalue weighted by Gasteiger charge is -2.17. The molecule has 0 unspecified atom stereocenters. The summed E-state index contributed by atoms with van der Waals surface area (Å²) in [5.41, 5.74) is 6.96. The fraction of sp³-hybridized carbons (Fsp3) is 0.625. The van der Waals surface area contributed by atoms with Gasteiger partial charge in [-0.3, -0.25) is 0 Å². The standard InChI is InChI=1S/C16H27NO2/c1-4-5-6-7-8-12-19-15-11-9-10-14(18-3)16(15)13(2)17/h9-11,13H,4-8,12,17H2,1-3H3/t13-/m1/s1. The van der Waals surface area contributed by atoms with Crippen LogP contribution in [0.5, 0.6) is 11.5 Å². The Morgan fingerprint density at radius 2 is 1.79 bits per heavy atom. The lowest BCUT2D eigenvalue weighted by Crippen LogP contribution is -2.10. The topological polar surface area (TPSA) is 44.5 Å². The second kappa shape index (κ2) is 8.81. The van der Waals surface area contributed by atoms with Gasteiger partial charge in [0.2, 0.25) is 0 Å². The molecule has 3 nitrogen and oxygen atoms in total. The first-order valence-corrected chi connectivity index (χ1v) is 7.26. The Labute approximate surface area is 117 Å². The molecular weight excluding hydrogens is 238 g/mol. The molecule has 1 atom stereocenters. The van der Waals surface area contributed by atoms with Crippen LogP contribution in [0.1, 0.15) is 57.6 Å². The van der Waals surface area contributed by atoms with Crippen LogP contribution in [0, 0.1) is 0 Å². The predicted octanol–water partition coefficient (Wildman–Crippen LogP) is 4.06. The molecule has 0 saturated carbocycles. The first-order valence-electron chi connectivity index (χ1n) is 7.26. The molecule has 0 spiro atoms. The van der Waals surface area contributed by atoms with Crippen molar-refractivity contribution in [2.45, 2.75) is 52.0 Å². The number of rotatable bonds is 9. The maximum atomic E-state index is 6.00. The fourth-order valence-electron chi connectivity index (χ4n) is 2.16. The summed E-state index contributed by atoms with van der Waals surface area (Å²) < 4.78 is 11.2. The summed E-state index contributed by atoms with van der Waals surface area (Å²) in [5.74, 6) is 1.66. The highest BCUT2D eigenvalue weighted by Crippen LogP contribution is 2.32. The molecular formula is C16H27NO2. The summed E-state index contributed by atoms with van der Waals surface area (Å²) in [4.78, 5) is 0. The maximum Gasteiger partial charge on any atom is 0.127 e. The molecule has 1 aromatic rings. The lowest BCUT2D eigenvalue weighted by atomic mass is 10.1. The van der Waals surface area contributed by atoms with Gasteiger partial charge < -0.3 is 15.2 Å². The van der Waals surface area contributed by atoms with Crippen LogP contribution in [0.15, 0.2) is 18.2 Å². The van der Waals surface area contributed by atoms with Gasteiger partial charge in [-0.1, -0.05) is 38.7 Å². The third-order valence-corrected chi connectivity index (χ3v) is 3.21. The Kier molecular flexibility index (Phi) is 7.34. The number of methoxy groups -OCH3 is 1. The first-order chi connectivity index (χ1) is 9.20. The average molecular weight is 265 g/mol. The summed E-state index contributed by atoms with van der Waals surface area (Å²) in [6.45, 7) is 4.92. The third kappa shape index (κ3) is 5.11. The van der Waals surface area contributed by atoms with E-state index >= 15 is 0 Å². The molecule has 0 heterocycles. The van der Waals surface area contributed by atoms with E-state index in [-0.39, 0.29) is 6.04 Å². The maximum absolute atomic E-state index is 6.00. The smallest absolute Gasteiger partial charge is 0.127 e. The van der Waals surface area contributed by atoms with Gasteiger partial charge in [-0.05, 0) is 25.5 Å². The largest absolute Gasteiger partial charge is 0.496 e. The van der Waals surface area contributed by atoms with E-state index in [0.717, 1.165) is 30.1 Å². The highest BCUT2D eigenvalue weighted by molar-refractivity contribution is 5.46. The molecule has 0 fully saturated rings. The summed E-state index contributed by atoms with van der Waals surface area (Å²) in [5, 5.41) is 0. The number of ether oxygens (including phenoxy) is 2. The molecule has 0 aromatic heterocycles. The molecule has 0 bridgehead atoms. The average Bonchev–Trinajstić information content (AvgIpc) is 2.42. The van der Waals surface area contributed by atoms with Crippen molar-refractivity contribution in [1.82, 2.24) is 0 Å². The second-order valence-electron chi connectivity index (χ2n) is 4.92. The molecule has 19 heavy (non-hydrogen) atoms. The van der Waals surface area contributed by atoms with Gasteiger partial charge in [-0.25, -0.2) is 0 Å².